The third kappa shape index (κ3) is 2.89. The normalized spacial score (nSPS) is 10.2. The van der Waals surface area contributed by atoms with Gasteiger partial charge in [-0.2, -0.15) is 0 Å². The molecule has 0 saturated carbocycles. The van der Waals surface area contributed by atoms with Crippen LogP contribution in [0.15, 0.2) is 43.7 Å². The molecule has 1 aromatic heterocycles. The van der Waals surface area contributed by atoms with Crippen LogP contribution >= 0.6 is 31.9 Å². The van der Waals surface area contributed by atoms with Gasteiger partial charge in [-0.1, -0.05) is 15.9 Å². The zero-order valence-electron chi connectivity index (χ0n) is 8.41. The monoisotopic (exact) mass is 359 g/mol. The van der Waals surface area contributed by atoms with Crippen molar-refractivity contribution in [3.8, 4) is 0 Å². The minimum atomic E-state index is -1.09. The summed E-state index contributed by atoms with van der Waals surface area (Å²) < 4.78 is 6.88. The lowest BCUT2D eigenvalue weighted by Gasteiger charge is -2.05. The van der Waals surface area contributed by atoms with Gasteiger partial charge in [0.1, 0.15) is 0 Å². The van der Waals surface area contributed by atoms with Crippen LogP contribution in [0.5, 0.6) is 0 Å². The summed E-state index contributed by atoms with van der Waals surface area (Å²) >= 11 is 6.74. The SMILES string of the molecule is O=C(O)c1ccc(Nc2ccc(Br)cc2Br)o1. The number of hydrogen-bond acceptors (Lipinski definition) is 3. The predicted molar refractivity (Wildman–Crippen MR) is 70.8 cm³/mol. The van der Waals surface area contributed by atoms with Crippen molar-refractivity contribution in [3.63, 3.8) is 0 Å². The molecule has 1 heterocycles. The molecule has 88 valence electrons. The van der Waals surface area contributed by atoms with E-state index in [-0.39, 0.29) is 5.76 Å². The van der Waals surface area contributed by atoms with Gasteiger partial charge in [0, 0.05) is 15.0 Å². The number of furan rings is 1. The van der Waals surface area contributed by atoms with E-state index in [0.29, 0.717) is 5.88 Å². The lowest BCUT2D eigenvalue weighted by Crippen LogP contribution is -1.93. The predicted octanol–water partition coefficient (Wildman–Crippen LogP) is 4.25. The molecule has 0 aliphatic heterocycles. The van der Waals surface area contributed by atoms with Crippen molar-refractivity contribution < 1.29 is 14.3 Å². The second kappa shape index (κ2) is 4.93. The first-order chi connectivity index (χ1) is 8.06. The lowest BCUT2D eigenvalue weighted by atomic mass is 10.3. The van der Waals surface area contributed by atoms with Crippen LogP contribution < -0.4 is 5.32 Å². The Hall–Kier alpha value is -1.27. The Morgan fingerprint density at radius 1 is 1.24 bits per heavy atom. The van der Waals surface area contributed by atoms with Crippen molar-refractivity contribution in [2.75, 3.05) is 5.32 Å². The topological polar surface area (TPSA) is 62.5 Å². The molecule has 0 amide bonds. The molecule has 0 unspecified atom stereocenters. The molecule has 6 heteroatoms. The Bertz CT molecular complexity index is 566. The minimum absolute atomic E-state index is 0.0965. The van der Waals surface area contributed by atoms with Gasteiger partial charge in [0.05, 0.1) is 5.69 Å². The van der Waals surface area contributed by atoms with Crippen LogP contribution in [-0.2, 0) is 0 Å². The average molecular weight is 361 g/mol. The molecule has 0 atom stereocenters. The maximum atomic E-state index is 10.6. The maximum Gasteiger partial charge on any atom is 0.371 e. The highest BCUT2D eigenvalue weighted by Gasteiger charge is 2.09. The Labute approximate surface area is 114 Å². The fourth-order valence-electron chi connectivity index (χ4n) is 1.24. The van der Waals surface area contributed by atoms with Crippen molar-refractivity contribution in [1.82, 2.24) is 0 Å². The van der Waals surface area contributed by atoms with Gasteiger partial charge in [-0.25, -0.2) is 4.79 Å². The standard InChI is InChI=1S/C11H7Br2NO3/c12-6-1-2-8(7(13)5-6)14-10-4-3-9(17-10)11(15)16/h1-5,14H,(H,15,16). The van der Waals surface area contributed by atoms with Crippen molar-refractivity contribution in [2.45, 2.75) is 0 Å². The Morgan fingerprint density at radius 3 is 2.59 bits per heavy atom. The molecule has 0 aliphatic carbocycles. The van der Waals surface area contributed by atoms with Crippen LogP contribution in [0.2, 0.25) is 0 Å². The molecule has 2 aromatic rings. The van der Waals surface area contributed by atoms with E-state index in [4.69, 9.17) is 9.52 Å². The van der Waals surface area contributed by atoms with E-state index >= 15 is 0 Å². The molecule has 1 aromatic carbocycles. The molecule has 0 spiro atoms. The zero-order valence-corrected chi connectivity index (χ0v) is 11.6. The average Bonchev–Trinajstić information content (AvgIpc) is 2.71. The molecule has 0 radical (unpaired) electrons. The van der Waals surface area contributed by atoms with Gasteiger partial charge in [-0.05, 0) is 40.2 Å². The molecule has 0 bridgehead atoms. The summed E-state index contributed by atoms with van der Waals surface area (Å²) in [6, 6.07) is 8.56. The molecule has 0 saturated heterocycles. The summed E-state index contributed by atoms with van der Waals surface area (Å²) in [5, 5.41) is 11.7. The maximum absolute atomic E-state index is 10.6. The third-order valence-electron chi connectivity index (χ3n) is 2.01. The van der Waals surface area contributed by atoms with E-state index in [1.54, 1.807) is 6.07 Å². The minimum Gasteiger partial charge on any atom is -0.475 e. The van der Waals surface area contributed by atoms with E-state index in [9.17, 15) is 4.79 Å². The zero-order chi connectivity index (χ0) is 12.4. The van der Waals surface area contributed by atoms with Gasteiger partial charge in [0.15, 0.2) is 5.88 Å². The summed E-state index contributed by atoms with van der Waals surface area (Å²) in [5.41, 5.74) is 0.791. The van der Waals surface area contributed by atoms with E-state index in [2.05, 4.69) is 37.2 Å². The van der Waals surface area contributed by atoms with Crippen LogP contribution in [0.1, 0.15) is 10.6 Å². The number of halogens is 2. The lowest BCUT2D eigenvalue weighted by molar-refractivity contribution is 0.0663. The van der Waals surface area contributed by atoms with Gasteiger partial charge >= 0.3 is 5.97 Å². The number of benzene rings is 1. The molecule has 2 rings (SSSR count). The quantitative estimate of drug-likeness (QED) is 0.858. The summed E-state index contributed by atoms with van der Waals surface area (Å²) in [6.07, 6.45) is 0. The fourth-order valence-corrected chi connectivity index (χ4v) is 2.39. The number of aromatic carboxylic acids is 1. The van der Waals surface area contributed by atoms with E-state index in [1.807, 2.05) is 18.2 Å². The van der Waals surface area contributed by atoms with Crippen LogP contribution in [0, 0.1) is 0 Å². The summed E-state index contributed by atoms with van der Waals surface area (Å²) in [7, 11) is 0. The highest BCUT2D eigenvalue weighted by atomic mass is 79.9. The van der Waals surface area contributed by atoms with E-state index in [0.717, 1.165) is 14.6 Å². The van der Waals surface area contributed by atoms with Crippen molar-refractivity contribution >= 4 is 49.4 Å². The largest absolute Gasteiger partial charge is 0.475 e. The number of rotatable bonds is 3. The first-order valence-corrected chi connectivity index (χ1v) is 6.20. The van der Waals surface area contributed by atoms with Gasteiger partial charge in [0.2, 0.25) is 5.76 Å². The van der Waals surface area contributed by atoms with Crippen molar-refractivity contribution in [1.29, 1.82) is 0 Å². The number of carbonyl (C=O) groups is 1. The van der Waals surface area contributed by atoms with Gasteiger partial charge in [-0.3, -0.25) is 0 Å². The van der Waals surface area contributed by atoms with Crippen molar-refractivity contribution in [3.05, 3.63) is 45.0 Å². The molecular weight excluding hydrogens is 354 g/mol. The highest BCUT2D eigenvalue weighted by Crippen LogP contribution is 2.29. The summed E-state index contributed by atoms with van der Waals surface area (Å²) in [4.78, 5) is 10.6. The summed E-state index contributed by atoms with van der Waals surface area (Å²) in [5.74, 6) is -0.806. The Kier molecular flexibility index (Phi) is 3.54. The number of carboxylic acid groups (broad SMARTS) is 1. The van der Waals surface area contributed by atoms with Crippen LogP contribution in [0.3, 0.4) is 0 Å². The van der Waals surface area contributed by atoms with Crippen molar-refractivity contribution in [2.24, 2.45) is 0 Å². The smallest absolute Gasteiger partial charge is 0.371 e. The molecule has 4 nitrogen and oxygen atoms in total. The van der Waals surface area contributed by atoms with Gasteiger partial charge in [0.25, 0.3) is 0 Å². The third-order valence-corrected chi connectivity index (χ3v) is 3.16. The second-order valence-corrected chi connectivity index (χ2v) is 4.99. The molecule has 0 aliphatic rings. The molecular formula is C11H7Br2NO3. The second-order valence-electron chi connectivity index (χ2n) is 3.22. The fraction of sp³-hybridized carbons (Fsp3) is 0. The van der Waals surface area contributed by atoms with Crippen LogP contribution in [0.25, 0.3) is 0 Å². The van der Waals surface area contributed by atoms with Crippen LogP contribution in [-0.4, -0.2) is 11.1 Å². The molecule has 17 heavy (non-hydrogen) atoms. The first-order valence-electron chi connectivity index (χ1n) is 4.61. The number of carboxylic acids is 1. The van der Waals surface area contributed by atoms with E-state index < -0.39 is 5.97 Å². The van der Waals surface area contributed by atoms with Gasteiger partial charge < -0.3 is 14.8 Å². The summed E-state index contributed by atoms with van der Waals surface area (Å²) in [6.45, 7) is 0. The molecule has 0 fully saturated rings. The van der Waals surface area contributed by atoms with Gasteiger partial charge in [-0.15, -0.1) is 0 Å². The number of hydrogen-bond donors (Lipinski definition) is 2. The Morgan fingerprint density at radius 2 is 2.00 bits per heavy atom. The van der Waals surface area contributed by atoms with E-state index in [1.165, 1.54) is 6.07 Å². The molecule has 2 N–H and O–H groups in total. The van der Waals surface area contributed by atoms with Crippen LogP contribution in [0.4, 0.5) is 11.6 Å². The number of nitrogens with one attached hydrogen (secondary N) is 1. The number of anilines is 2. The Balaban J connectivity index is 2.22. The first kappa shape index (κ1) is 12.2. The highest BCUT2D eigenvalue weighted by molar-refractivity contribution is 9.11.